The van der Waals surface area contributed by atoms with Crippen molar-refractivity contribution in [3.05, 3.63) is 86.5 Å². The number of hydrogen-bond acceptors (Lipinski definition) is 4. The number of carbonyl (C=O) groups is 1. The average molecular weight is 563 g/mol. The highest BCUT2D eigenvalue weighted by molar-refractivity contribution is 6.33. The lowest BCUT2D eigenvalue weighted by molar-refractivity contribution is -0.143. The molecule has 0 fully saturated rings. The number of amides is 1. The van der Waals surface area contributed by atoms with E-state index in [1.807, 2.05) is 4.90 Å². The van der Waals surface area contributed by atoms with Crippen LogP contribution in [-0.2, 0) is 25.4 Å². The fraction of sp³-hybridized carbons (Fsp3) is 0.250. The van der Waals surface area contributed by atoms with Gasteiger partial charge in [0.15, 0.2) is 0 Å². The van der Waals surface area contributed by atoms with Crippen LogP contribution in [0.25, 0.3) is 0 Å². The third kappa shape index (κ3) is 6.40. The van der Waals surface area contributed by atoms with E-state index < -0.39 is 35.9 Å². The lowest BCUT2D eigenvalue weighted by atomic mass is 10.0. The highest BCUT2D eigenvalue weighted by Crippen LogP contribution is 2.36. The summed E-state index contributed by atoms with van der Waals surface area (Å²) in [4.78, 5) is 18.9. The molecule has 0 bridgehead atoms. The standard InChI is InChI=1S/C24H18Cl2F6N4O/c25-18-1-2-19(26)15(7-18)12-36-4-3-33-21-20(36)8-14(11-34-21)22(37)35-10-13-5-16(23(27,28)29)9-17(6-13)24(30,31)32/h1-2,5-9,11H,3-4,10,12H2,(H,33,34)(H,35,37). The number of nitrogens with zero attached hydrogens (tertiary/aromatic N) is 2. The fourth-order valence-electron chi connectivity index (χ4n) is 3.82. The largest absolute Gasteiger partial charge is 0.416 e. The summed E-state index contributed by atoms with van der Waals surface area (Å²) in [5.41, 5.74) is -1.85. The number of pyridine rings is 1. The van der Waals surface area contributed by atoms with Crippen molar-refractivity contribution in [3.63, 3.8) is 0 Å². The van der Waals surface area contributed by atoms with Gasteiger partial charge in [0, 0.05) is 42.4 Å². The van der Waals surface area contributed by atoms with Gasteiger partial charge in [-0.1, -0.05) is 23.2 Å². The molecule has 2 aromatic carbocycles. The zero-order valence-corrected chi connectivity index (χ0v) is 20.3. The normalized spacial score (nSPS) is 13.7. The van der Waals surface area contributed by atoms with E-state index in [9.17, 15) is 31.1 Å². The Hall–Kier alpha value is -3.18. The Morgan fingerprint density at radius 1 is 1.00 bits per heavy atom. The van der Waals surface area contributed by atoms with Crippen molar-refractivity contribution in [2.24, 2.45) is 0 Å². The van der Waals surface area contributed by atoms with E-state index in [1.165, 1.54) is 12.3 Å². The molecule has 1 aromatic heterocycles. The molecule has 0 saturated carbocycles. The predicted octanol–water partition coefficient (Wildman–Crippen LogP) is 6.79. The Morgan fingerprint density at radius 2 is 1.68 bits per heavy atom. The molecular weight excluding hydrogens is 545 g/mol. The smallest absolute Gasteiger partial charge is 0.367 e. The van der Waals surface area contributed by atoms with Crippen LogP contribution in [0, 0.1) is 0 Å². The second-order valence-corrected chi connectivity index (χ2v) is 9.12. The summed E-state index contributed by atoms with van der Waals surface area (Å²) in [7, 11) is 0. The maximum Gasteiger partial charge on any atom is 0.416 e. The number of fused-ring (bicyclic) bond motifs is 1. The number of nitrogens with one attached hydrogen (secondary N) is 2. The number of rotatable bonds is 5. The summed E-state index contributed by atoms with van der Waals surface area (Å²) in [5, 5.41) is 6.49. The van der Waals surface area contributed by atoms with E-state index in [4.69, 9.17) is 23.2 Å². The summed E-state index contributed by atoms with van der Waals surface area (Å²) in [6, 6.07) is 7.76. The van der Waals surface area contributed by atoms with Crippen LogP contribution in [0.15, 0.2) is 48.7 Å². The van der Waals surface area contributed by atoms with E-state index in [0.29, 0.717) is 53.3 Å². The topological polar surface area (TPSA) is 57.3 Å². The van der Waals surface area contributed by atoms with Gasteiger partial charge in [0.2, 0.25) is 0 Å². The Labute approximate surface area is 217 Å². The average Bonchev–Trinajstić information content (AvgIpc) is 2.83. The van der Waals surface area contributed by atoms with Crippen molar-refractivity contribution >= 4 is 40.6 Å². The predicted molar refractivity (Wildman–Crippen MR) is 128 cm³/mol. The maximum absolute atomic E-state index is 13.1. The summed E-state index contributed by atoms with van der Waals surface area (Å²) in [6.07, 6.45) is -8.69. The van der Waals surface area contributed by atoms with Crippen molar-refractivity contribution in [2.45, 2.75) is 25.4 Å². The second-order valence-electron chi connectivity index (χ2n) is 8.27. The van der Waals surface area contributed by atoms with Crippen molar-refractivity contribution < 1.29 is 31.1 Å². The number of halogens is 8. The van der Waals surface area contributed by atoms with Crippen LogP contribution < -0.4 is 15.5 Å². The molecule has 0 spiro atoms. The van der Waals surface area contributed by atoms with E-state index >= 15 is 0 Å². The highest BCUT2D eigenvalue weighted by Gasteiger charge is 2.37. The lowest BCUT2D eigenvalue weighted by Gasteiger charge is -2.32. The third-order valence-electron chi connectivity index (χ3n) is 5.61. The molecule has 4 rings (SSSR count). The number of hydrogen-bond donors (Lipinski definition) is 2. The van der Waals surface area contributed by atoms with Crippen molar-refractivity contribution in [1.29, 1.82) is 0 Å². The molecule has 13 heteroatoms. The van der Waals surface area contributed by atoms with E-state index in [1.54, 1.807) is 18.2 Å². The van der Waals surface area contributed by atoms with Gasteiger partial charge >= 0.3 is 12.4 Å². The molecule has 5 nitrogen and oxygen atoms in total. The molecule has 1 amide bonds. The summed E-state index contributed by atoms with van der Waals surface area (Å²) < 4.78 is 78.7. The molecule has 3 aromatic rings. The molecular formula is C24H18Cl2F6N4O. The number of anilines is 2. The molecule has 0 atom stereocenters. The Morgan fingerprint density at radius 3 is 2.32 bits per heavy atom. The Balaban J connectivity index is 1.54. The summed E-state index contributed by atoms with van der Waals surface area (Å²) in [5.74, 6) is -0.207. The van der Waals surface area contributed by atoms with Gasteiger partial charge in [-0.15, -0.1) is 0 Å². The van der Waals surface area contributed by atoms with Crippen molar-refractivity contribution in [2.75, 3.05) is 23.3 Å². The quantitative estimate of drug-likeness (QED) is 0.336. The number of aromatic nitrogens is 1. The third-order valence-corrected chi connectivity index (χ3v) is 6.22. The number of alkyl halides is 6. The minimum absolute atomic E-state index is 0.0342. The van der Waals surface area contributed by atoms with Gasteiger partial charge in [-0.05, 0) is 53.6 Å². The molecule has 0 radical (unpaired) electrons. The molecule has 2 N–H and O–H groups in total. The van der Waals surface area contributed by atoms with Crippen LogP contribution in [0.3, 0.4) is 0 Å². The maximum atomic E-state index is 13.1. The van der Waals surface area contributed by atoms with Crippen LogP contribution in [0.5, 0.6) is 0 Å². The van der Waals surface area contributed by atoms with Crippen LogP contribution in [0.4, 0.5) is 37.8 Å². The van der Waals surface area contributed by atoms with Gasteiger partial charge < -0.3 is 15.5 Å². The molecule has 0 unspecified atom stereocenters. The molecule has 0 aliphatic carbocycles. The molecule has 1 aliphatic rings. The zero-order valence-electron chi connectivity index (χ0n) is 18.8. The summed E-state index contributed by atoms with van der Waals surface area (Å²) >= 11 is 12.4. The van der Waals surface area contributed by atoms with E-state index in [0.717, 1.165) is 5.56 Å². The Kier molecular flexibility index (Phi) is 7.48. The SMILES string of the molecule is O=C(NCc1cc(C(F)(F)F)cc(C(F)(F)F)c1)c1cnc2c(c1)N(Cc1cc(Cl)ccc1Cl)CCN2. The van der Waals surface area contributed by atoms with E-state index in [2.05, 4.69) is 15.6 Å². The monoisotopic (exact) mass is 562 g/mol. The Bertz CT molecular complexity index is 1300. The molecule has 0 saturated heterocycles. The van der Waals surface area contributed by atoms with Crippen LogP contribution >= 0.6 is 23.2 Å². The molecule has 2 heterocycles. The first-order valence-corrected chi connectivity index (χ1v) is 11.6. The van der Waals surface area contributed by atoms with Crippen molar-refractivity contribution in [1.82, 2.24) is 10.3 Å². The molecule has 196 valence electrons. The van der Waals surface area contributed by atoms with Crippen LogP contribution in [-0.4, -0.2) is 24.0 Å². The number of carbonyl (C=O) groups excluding carboxylic acids is 1. The first kappa shape index (κ1) is 26.9. The zero-order chi connectivity index (χ0) is 27.0. The van der Waals surface area contributed by atoms with Gasteiger partial charge in [-0.3, -0.25) is 4.79 Å². The van der Waals surface area contributed by atoms with Gasteiger partial charge in [0.25, 0.3) is 5.91 Å². The second kappa shape index (κ2) is 10.3. The fourth-order valence-corrected chi connectivity index (χ4v) is 4.20. The molecule has 37 heavy (non-hydrogen) atoms. The van der Waals surface area contributed by atoms with Gasteiger partial charge in [0.1, 0.15) is 5.82 Å². The summed E-state index contributed by atoms with van der Waals surface area (Å²) in [6.45, 7) is 0.933. The van der Waals surface area contributed by atoms with Crippen molar-refractivity contribution in [3.8, 4) is 0 Å². The number of benzene rings is 2. The first-order valence-electron chi connectivity index (χ1n) is 10.8. The lowest BCUT2D eigenvalue weighted by Crippen LogP contribution is -2.34. The van der Waals surface area contributed by atoms with Crippen LogP contribution in [0.1, 0.15) is 32.6 Å². The minimum Gasteiger partial charge on any atom is -0.367 e. The minimum atomic E-state index is -4.98. The van der Waals surface area contributed by atoms with Gasteiger partial charge in [-0.25, -0.2) is 4.98 Å². The van der Waals surface area contributed by atoms with Crippen LogP contribution in [0.2, 0.25) is 10.0 Å². The van der Waals surface area contributed by atoms with E-state index in [-0.39, 0.29) is 17.2 Å². The van der Waals surface area contributed by atoms with Gasteiger partial charge in [-0.2, -0.15) is 26.3 Å². The highest BCUT2D eigenvalue weighted by atomic mass is 35.5. The molecule has 1 aliphatic heterocycles. The van der Waals surface area contributed by atoms with Gasteiger partial charge in [0.05, 0.1) is 22.4 Å². The first-order chi connectivity index (χ1) is 17.3.